The van der Waals surface area contributed by atoms with E-state index in [-0.39, 0.29) is 13.2 Å². The Morgan fingerprint density at radius 1 is 0.840 bits per heavy atom. The molecule has 0 radical (unpaired) electrons. The Morgan fingerprint density at radius 2 is 1.50 bits per heavy atom. The van der Waals surface area contributed by atoms with Gasteiger partial charge in [-0.25, -0.2) is 14.6 Å². The molecule has 0 aromatic heterocycles. The Bertz CT molecular complexity index is 1390. The number of hydrogen-bond acceptors (Lipinski definition) is 12. The molecule has 0 unspecified atom stereocenters. The molecule has 19 nitrogen and oxygen atoms in total. The van der Waals surface area contributed by atoms with Gasteiger partial charge in [-0.2, -0.15) is 0 Å². The van der Waals surface area contributed by atoms with Gasteiger partial charge in [0.25, 0.3) is 11.8 Å². The minimum Gasteiger partial charge on any atom is -0.481 e. The molecule has 7 atom stereocenters. The van der Waals surface area contributed by atoms with E-state index < -0.39 is 109 Å². The van der Waals surface area contributed by atoms with Crippen LogP contribution in [0.3, 0.4) is 0 Å². The van der Waals surface area contributed by atoms with E-state index in [9.17, 15) is 53.7 Å². The summed E-state index contributed by atoms with van der Waals surface area (Å²) < 4.78 is 14.9. The fraction of sp³-hybridized carbons (Fsp3) is 0.548. The number of ether oxygens (including phenoxy) is 3. The number of hydrazine groups is 1. The summed E-state index contributed by atoms with van der Waals surface area (Å²) in [6.07, 6.45) is -6.11. The van der Waals surface area contributed by atoms with Crippen LogP contribution in [0.1, 0.15) is 52.5 Å². The molecule has 0 spiro atoms. The Kier molecular flexibility index (Phi) is 16.1. The zero-order valence-corrected chi connectivity index (χ0v) is 28.0. The first-order valence-electron chi connectivity index (χ1n) is 15.7. The largest absolute Gasteiger partial charge is 0.481 e. The lowest BCUT2D eigenvalue weighted by atomic mass is 9.97. The van der Waals surface area contributed by atoms with Crippen LogP contribution in [0.2, 0.25) is 0 Å². The van der Waals surface area contributed by atoms with Crippen molar-refractivity contribution in [3.8, 4) is 0 Å². The molecule has 0 bridgehead atoms. The van der Waals surface area contributed by atoms with Crippen LogP contribution in [-0.2, 0) is 54.4 Å². The van der Waals surface area contributed by atoms with Crippen molar-refractivity contribution in [3.05, 3.63) is 35.9 Å². The molecule has 7 N–H and O–H groups in total. The number of esters is 1. The number of aliphatic carboxylic acids is 2. The summed E-state index contributed by atoms with van der Waals surface area (Å²) in [5.41, 5.74) is 2.66. The lowest BCUT2D eigenvalue weighted by molar-refractivity contribution is -0.152. The molecule has 1 aliphatic rings. The summed E-state index contributed by atoms with van der Waals surface area (Å²) >= 11 is 0. The van der Waals surface area contributed by atoms with Crippen LogP contribution >= 0.6 is 0 Å². The van der Waals surface area contributed by atoms with Crippen molar-refractivity contribution in [3.63, 3.8) is 0 Å². The molecule has 1 heterocycles. The topological polar surface area (TPSA) is 280 Å². The smallest absolute Gasteiger partial charge is 0.408 e. The second-order valence-electron chi connectivity index (χ2n) is 11.3. The Morgan fingerprint density at radius 3 is 2.06 bits per heavy atom. The Hall–Kier alpha value is -5.30. The predicted molar refractivity (Wildman–Crippen MR) is 168 cm³/mol. The van der Waals surface area contributed by atoms with E-state index in [1.54, 1.807) is 44.2 Å². The van der Waals surface area contributed by atoms with E-state index in [0.717, 1.165) is 6.92 Å². The number of aliphatic hydroxyl groups is 1. The Labute approximate surface area is 286 Å². The van der Waals surface area contributed by atoms with E-state index in [1.807, 2.05) is 5.43 Å². The van der Waals surface area contributed by atoms with Crippen molar-refractivity contribution in [2.24, 2.45) is 5.92 Å². The number of nitrogens with one attached hydrogen (secondary N) is 4. The van der Waals surface area contributed by atoms with Gasteiger partial charge >= 0.3 is 24.0 Å². The van der Waals surface area contributed by atoms with Crippen molar-refractivity contribution >= 4 is 47.6 Å². The maximum atomic E-state index is 13.4. The highest BCUT2D eigenvalue weighted by atomic mass is 16.6. The highest BCUT2D eigenvalue weighted by Gasteiger charge is 2.53. The third-order valence-corrected chi connectivity index (χ3v) is 7.38. The average molecular weight is 710 g/mol. The quantitative estimate of drug-likeness (QED) is 0.0506. The van der Waals surface area contributed by atoms with Crippen molar-refractivity contribution in [1.82, 2.24) is 26.4 Å². The van der Waals surface area contributed by atoms with Crippen LogP contribution in [-0.4, -0.2) is 118 Å². The van der Waals surface area contributed by atoms with E-state index >= 15 is 0 Å². The second kappa shape index (κ2) is 19.6. The molecule has 0 aliphatic carbocycles. The molecular formula is C31H43N5O14. The summed E-state index contributed by atoms with van der Waals surface area (Å²) in [6, 6.07) is 4.01. The van der Waals surface area contributed by atoms with Crippen LogP contribution in [0.5, 0.6) is 0 Å². The maximum Gasteiger partial charge on any atom is 0.408 e. The molecule has 50 heavy (non-hydrogen) atoms. The number of rotatable bonds is 19. The monoisotopic (exact) mass is 709 g/mol. The first kappa shape index (κ1) is 40.9. The van der Waals surface area contributed by atoms with Crippen LogP contribution in [0.25, 0.3) is 0 Å². The van der Waals surface area contributed by atoms with Gasteiger partial charge < -0.3 is 45.5 Å². The number of epoxide rings is 1. The number of alkyl carbamates (subject to hydrolysis) is 1. The number of nitrogens with zero attached hydrogens (tertiary/aromatic N) is 1. The van der Waals surface area contributed by atoms with Gasteiger partial charge in [-0.15, -0.1) is 0 Å². The second-order valence-corrected chi connectivity index (χ2v) is 11.3. The molecule has 0 saturated carbocycles. The Balaban J connectivity index is 2.19. The molecule has 5 amide bonds. The van der Waals surface area contributed by atoms with Crippen LogP contribution in [0, 0.1) is 5.92 Å². The van der Waals surface area contributed by atoms with Gasteiger partial charge in [-0.05, 0) is 31.7 Å². The maximum absolute atomic E-state index is 13.4. The number of aliphatic hydroxyl groups excluding tert-OH is 1. The lowest BCUT2D eigenvalue weighted by Gasteiger charge is -2.29. The molecule has 1 aromatic carbocycles. The highest BCUT2D eigenvalue weighted by Crippen LogP contribution is 2.25. The molecule has 1 fully saturated rings. The standard InChI is InChI=1S/C31H43N5O14/c1-5-16(3)22(34-31(47)49-15-18-10-8-7-9-11-18)27(43)32-19(12-13-20(38)39)26(42)33-23(17(4)37)28(44)35-36(14-21(40)41)29(45)24-25(50-24)30(46)48-6-2/h7-11,16-17,19,22-25,37H,5-6,12-15H2,1-4H3,(H,32,43)(H,33,42)(H,34,47)(H,35,44)(H,38,39)(H,40,41)/t16-,17+,19-,22-,23-,24-,25-/m0/s1. The van der Waals surface area contributed by atoms with E-state index in [1.165, 1.54) is 6.92 Å². The number of amides is 5. The third-order valence-electron chi connectivity index (χ3n) is 7.38. The van der Waals surface area contributed by atoms with Gasteiger partial charge in [0.15, 0.2) is 12.2 Å². The van der Waals surface area contributed by atoms with Crippen LogP contribution in [0.4, 0.5) is 4.79 Å². The zero-order valence-electron chi connectivity index (χ0n) is 28.0. The molecule has 276 valence electrons. The fourth-order valence-corrected chi connectivity index (χ4v) is 4.42. The number of carbonyl (C=O) groups excluding carboxylic acids is 6. The minimum absolute atomic E-state index is 0.0189. The molecule has 2 rings (SSSR count). The van der Waals surface area contributed by atoms with Gasteiger partial charge in [0.1, 0.15) is 31.3 Å². The summed E-state index contributed by atoms with van der Waals surface area (Å²) in [7, 11) is 0. The van der Waals surface area contributed by atoms with Gasteiger partial charge in [0, 0.05) is 6.42 Å². The number of carboxylic acids is 2. The van der Waals surface area contributed by atoms with Gasteiger partial charge in [-0.3, -0.25) is 34.2 Å². The molecular weight excluding hydrogens is 666 g/mol. The molecule has 1 aromatic rings. The predicted octanol–water partition coefficient (Wildman–Crippen LogP) is -1.18. The van der Waals surface area contributed by atoms with Gasteiger partial charge in [-0.1, -0.05) is 50.6 Å². The lowest BCUT2D eigenvalue weighted by Crippen LogP contribution is -2.62. The van der Waals surface area contributed by atoms with Crippen LogP contribution < -0.4 is 21.4 Å². The fourth-order valence-electron chi connectivity index (χ4n) is 4.42. The minimum atomic E-state index is -1.87. The van der Waals surface area contributed by atoms with E-state index in [0.29, 0.717) is 17.0 Å². The number of hydrogen-bond donors (Lipinski definition) is 7. The third kappa shape index (κ3) is 13.0. The van der Waals surface area contributed by atoms with Crippen molar-refractivity contribution in [2.75, 3.05) is 13.2 Å². The van der Waals surface area contributed by atoms with Gasteiger partial charge in [0.2, 0.25) is 11.8 Å². The van der Waals surface area contributed by atoms with Gasteiger partial charge in [0.05, 0.1) is 12.7 Å². The highest BCUT2D eigenvalue weighted by molar-refractivity contribution is 5.97. The van der Waals surface area contributed by atoms with E-state index in [2.05, 4.69) is 16.0 Å². The van der Waals surface area contributed by atoms with Crippen molar-refractivity contribution in [1.29, 1.82) is 0 Å². The summed E-state index contributed by atoms with van der Waals surface area (Å²) in [5, 5.41) is 36.2. The number of benzene rings is 1. The van der Waals surface area contributed by atoms with Crippen molar-refractivity contribution < 1.29 is 67.9 Å². The van der Waals surface area contributed by atoms with Crippen LogP contribution in [0.15, 0.2) is 30.3 Å². The number of carbonyl (C=O) groups is 8. The zero-order chi connectivity index (χ0) is 37.5. The van der Waals surface area contributed by atoms with E-state index in [4.69, 9.17) is 14.2 Å². The molecule has 1 aliphatic heterocycles. The number of carboxylic acid groups (broad SMARTS) is 2. The molecule has 1 saturated heterocycles. The first-order valence-corrected chi connectivity index (χ1v) is 15.7. The summed E-state index contributed by atoms with van der Waals surface area (Å²) in [5.74, 6) is -8.69. The molecule has 19 heteroatoms. The average Bonchev–Trinajstić information content (AvgIpc) is 3.87. The normalized spacial score (nSPS) is 17.7. The summed E-state index contributed by atoms with van der Waals surface area (Å²) in [4.78, 5) is 100. The summed E-state index contributed by atoms with van der Waals surface area (Å²) in [6.45, 7) is 4.78. The first-order chi connectivity index (χ1) is 23.6. The van der Waals surface area contributed by atoms with Crippen molar-refractivity contribution in [2.45, 2.75) is 90.0 Å². The SMILES string of the molecule is CCOC(=O)[C@H]1O[C@@H]1C(=O)N(CC(=O)O)NC(=O)[C@@H](NC(=O)[C@H](CCC(=O)O)NC(=O)[C@@H](NC(=O)OCc1ccccc1)[C@@H](C)CC)[C@@H](C)O.